The molecule has 0 bridgehead atoms. The third kappa shape index (κ3) is 4.73. The van der Waals surface area contributed by atoms with Gasteiger partial charge in [-0.1, -0.05) is 49.8 Å². The lowest BCUT2D eigenvalue weighted by Crippen LogP contribution is -2.18. The Morgan fingerprint density at radius 3 is 1.78 bits per heavy atom. The van der Waals surface area contributed by atoms with Gasteiger partial charge in [-0.05, 0) is 54.3 Å². The molecule has 0 spiro atoms. The average Bonchev–Trinajstić information content (AvgIpc) is 2.62. The Labute approximate surface area is 156 Å². The van der Waals surface area contributed by atoms with E-state index in [4.69, 9.17) is 4.74 Å². The number of rotatable bonds is 4. The molecular formula is C22H21F3O2. The third-order valence-electron chi connectivity index (χ3n) is 4.94. The monoisotopic (exact) mass is 374 g/mol. The van der Waals surface area contributed by atoms with E-state index in [-0.39, 0.29) is 5.75 Å². The SMILES string of the molecule is CC1=CC=C(Oc2ccc(-c3ccc(OC(F)(F)F)cc3)cc2)C(C)C1C. The molecule has 0 N–H and O–H groups in total. The first-order valence-electron chi connectivity index (χ1n) is 8.75. The Morgan fingerprint density at radius 1 is 0.741 bits per heavy atom. The fourth-order valence-electron chi connectivity index (χ4n) is 2.99. The summed E-state index contributed by atoms with van der Waals surface area (Å²) in [6, 6.07) is 13.3. The summed E-state index contributed by atoms with van der Waals surface area (Å²) in [6.07, 6.45) is -0.594. The molecule has 0 amide bonds. The van der Waals surface area contributed by atoms with Crippen molar-refractivity contribution in [2.75, 3.05) is 0 Å². The Morgan fingerprint density at radius 2 is 1.26 bits per heavy atom. The lowest BCUT2D eigenvalue weighted by molar-refractivity contribution is -0.274. The van der Waals surface area contributed by atoms with Crippen molar-refractivity contribution in [3.8, 4) is 22.6 Å². The zero-order chi connectivity index (χ0) is 19.6. The minimum Gasteiger partial charge on any atom is -0.461 e. The lowest BCUT2D eigenvalue weighted by atomic mass is 9.84. The van der Waals surface area contributed by atoms with E-state index in [1.807, 2.05) is 30.3 Å². The molecule has 0 aliphatic heterocycles. The number of hydrogen-bond donors (Lipinski definition) is 0. The number of hydrogen-bond acceptors (Lipinski definition) is 2. The maximum Gasteiger partial charge on any atom is 0.573 e. The fourth-order valence-corrected chi connectivity index (χ4v) is 2.99. The predicted molar refractivity (Wildman–Crippen MR) is 99.4 cm³/mol. The second-order valence-electron chi connectivity index (χ2n) is 6.76. The van der Waals surface area contributed by atoms with Gasteiger partial charge in [-0.2, -0.15) is 0 Å². The third-order valence-corrected chi connectivity index (χ3v) is 4.94. The van der Waals surface area contributed by atoms with Crippen molar-refractivity contribution in [3.05, 3.63) is 72.0 Å². The van der Waals surface area contributed by atoms with E-state index in [1.165, 1.54) is 17.7 Å². The van der Waals surface area contributed by atoms with E-state index >= 15 is 0 Å². The van der Waals surface area contributed by atoms with Crippen molar-refractivity contribution in [3.63, 3.8) is 0 Å². The van der Waals surface area contributed by atoms with Crippen LogP contribution in [0.2, 0.25) is 0 Å². The molecule has 0 heterocycles. The Bertz CT molecular complexity index is 847. The van der Waals surface area contributed by atoms with Gasteiger partial charge in [-0.15, -0.1) is 13.2 Å². The van der Waals surface area contributed by atoms with Crippen LogP contribution in [0.25, 0.3) is 11.1 Å². The van der Waals surface area contributed by atoms with E-state index in [0.29, 0.717) is 11.8 Å². The fraction of sp³-hybridized carbons (Fsp3) is 0.273. The first-order valence-corrected chi connectivity index (χ1v) is 8.75. The first kappa shape index (κ1) is 19.1. The van der Waals surface area contributed by atoms with Gasteiger partial charge in [0.15, 0.2) is 0 Å². The van der Waals surface area contributed by atoms with Gasteiger partial charge in [0.25, 0.3) is 0 Å². The van der Waals surface area contributed by atoms with Crippen LogP contribution < -0.4 is 9.47 Å². The van der Waals surface area contributed by atoms with Gasteiger partial charge in [0.2, 0.25) is 0 Å². The van der Waals surface area contributed by atoms with Crippen LogP contribution in [0, 0.1) is 11.8 Å². The number of alkyl halides is 3. The highest BCUT2D eigenvalue weighted by Gasteiger charge is 2.31. The Kier molecular flexibility index (Phi) is 5.31. The molecule has 1 aliphatic carbocycles. The summed E-state index contributed by atoms with van der Waals surface area (Å²) in [4.78, 5) is 0. The van der Waals surface area contributed by atoms with Gasteiger partial charge < -0.3 is 9.47 Å². The zero-order valence-corrected chi connectivity index (χ0v) is 15.4. The van der Waals surface area contributed by atoms with Crippen molar-refractivity contribution in [1.82, 2.24) is 0 Å². The van der Waals surface area contributed by atoms with Crippen LogP contribution in [-0.4, -0.2) is 6.36 Å². The van der Waals surface area contributed by atoms with Crippen LogP contribution >= 0.6 is 0 Å². The average molecular weight is 374 g/mol. The second kappa shape index (κ2) is 7.51. The molecule has 0 saturated heterocycles. The highest BCUT2D eigenvalue weighted by molar-refractivity contribution is 5.65. The van der Waals surface area contributed by atoms with Gasteiger partial charge >= 0.3 is 6.36 Å². The van der Waals surface area contributed by atoms with Crippen LogP contribution in [0.1, 0.15) is 20.8 Å². The molecule has 3 rings (SSSR count). The van der Waals surface area contributed by atoms with Gasteiger partial charge in [-0.25, -0.2) is 0 Å². The van der Waals surface area contributed by atoms with Gasteiger partial charge in [0.1, 0.15) is 17.3 Å². The molecule has 2 aromatic carbocycles. The minimum atomic E-state index is -4.68. The summed E-state index contributed by atoms with van der Waals surface area (Å²) in [7, 11) is 0. The Balaban J connectivity index is 1.70. The normalized spacial score (nSPS) is 19.9. The standard InChI is InChI=1S/C22H21F3O2/c1-14-4-13-21(16(3)15(14)2)26-19-9-5-17(6-10-19)18-7-11-20(12-8-18)27-22(23,24)25/h4-13,15-16H,1-3H3. The van der Waals surface area contributed by atoms with Crippen LogP contribution in [0.3, 0.4) is 0 Å². The number of benzene rings is 2. The lowest BCUT2D eigenvalue weighted by Gasteiger charge is -2.26. The van der Waals surface area contributed by atoms with Crippen molar-refractivity contribution < 1.29 is 22.6 Å². The van der Waals surface area contributed by atoms with E-state index in [1.54, 1.807) is 12.1 Å². The van der Waals surface area contributed by atoms with E-state index in [2.05, 4.69) is 31.6 Å². The number of allylic oxidation sites excluding steroid dienone is 4. The largest absolute Gasteiger partial charge is 0.573 e. The van der Waals surface area contributed by atoms with Gasteiger partial charge in [0, 0.05) is 5.92 Å². The molecule has 0 fully saturated rings. The molecule has 2 aromatic rings. The van der Waals surface area contributed by atoms with Crippen molar-refractivity contribution in [2.45, 2.75) is 27.1 Å². The molecule has 0 radical (unpaired) electrons. The maximum absolute atomic E-state index is 12.2. The van der Waals surface area contributed by atoms with Gasteiger partial charge in [0.05, 0.1) is 0 Å². The smallest absolute Gasteiger partial charge is 0.461 e. The van der Waals surface area contributed by atoms with Crippen LogP contribution in [0.15, 0.2) is 72.0 Å². The van der Waals surface area contributed by atoms with E-state index in [0.717, 1.165) is 22.6 Å². The molecule has 2 atom stereocenters. The molecule has 0 saturated carbocycles. The summed E-state index contributed by atoms with van der Waals surface area (Å²) in [5.41, 5.74) is 3.02. The van der Waals surface area contributed by atoms with Crippen molar-refractivity contribution in [1.29, 1.82) is 0 Å². The molecule has 2 nitrogen and oxygen atoms in total. The van der Waals surface area contributed by atoms with Gasteiger partial charge in [-0.3, -0.25) is 0 Å². The number of ether oxygens (including phenoxy) is 2. The summed E-state index contributed by atoms with van der Waals surface area (Å²) >= 11 is 0. The van der Waals surface area contributed by atoms with Crippen LogP contribution in [0.5, 0.6) is 11.5 Å². The topological polar surface area (TPSA) is 18.5 Å². The molecule has 2 unspecified atom stereocenters. The highest BCUT2D eigenvalue weighted by Crippen LogP contribution is 2.33. The molecule has 5 heteroatoms. The molecule has 1 aliphatic rings. The molecule has 0 aromatic heterocycles. The summed E-state index contributed by atoms with van der Waals surface area (Å²) < 4.78 is 46.6. The highest BCUT2D eigenvalue weighted by atomic mass is 19.4. The van der Waals surface area contributed by atoms with E-state index in [9.17, 15) is 13.2 Å². The van der Waals surface area contributed by atoms with Crippen molar-refractivity contribution in [2.24, 2.45) is 11.8 Å². The number of halogens is 3. The zero-order valence-electron chi connectivity index (χ0n) is 15.4. The maximum atomic E-state index is 12.2. The Hall–Kier alpha value is -2.69. The quantitative estimate of drug-likeness (QED) is 0.589. The molecule has 27 heavy (non-hydrogen) atoms. The summed E-state index contributed by atoms with van der Waals surface area (Å²) in [5, 5.41) is 0. The summed E-state index contributed by atoms with van der Waals surface area (Å²) in [5.74, 6) is 2.16. The molecule has 142 valence electrons. The van der Waals surface area contributed by atoms with Crippen molar-refractivity contribution >= 4 is 0 Å². The summed E-state index contributed by atoms with van der Waals surface area (Å²) in [6.45, 7) is 6.45. The molecular weight excluding hydrogens is 353 g/mol. The first-order chi connectivity index (χ1) is 12.7. The minimum absolute atomic E-state index is 0.234. The predicted octanol–water partition coefficient (Wildman–Crippen LogP) is 6.75. The second-order valence-corrected chi connectivity index (χ2v) is 6.76. The van der Waals surface area contributed by atoms with Crippen LogP contribution in [0.4, 0.5) is 13.2 Å². The van der Waals surface area contributed by atoms with Crippen LogP contribution in [-0.2, 0) is 0 Å². The van der Waals surface area contributed by atoms with E-state index < -0.39 is 6.36 Å².